The number of hydrogen-bond donors (Lipinski definition) is 2. The lowest BCUT2D eigenvalue weighted by atomic mass is 10.1. The molecular formula is C16H24Cl2IN3O2. The van der Waals surface area contributed by atoms with E-state index in [0.717, 1.165) is 5.56 Å². The van der Waals surface area contributed by atoms with Gasteiger partial charge in [0.25, 0.3) is 0 Å². The number of nitrogens with zero attached hydrogens (tertiary/aromatic N) is 1. The first-order valence-corrected chi connectivity index (χ1v) is 8.07. The molecule has 0 fully saturated rings. The van der Waals surface area contributed by atoms with Crippen molar-refractivity contribution in [2.24, 2.45) is 10.7 Å². The minimum absolute atomic E-state index is 0. The highest BCUT2D eigenvalue weighted by atomic mass is 127. The fourth-order valence-electron chi connectivity index (χ4n) is 1.86. The van der Waals surface area contributed by atoms with E-state index in [1.165, 1.54) is 0 Å². The lowest BCUT2D eigenvalue weighted by molar-refractivity contribution is -0.154. The predicted octanol–water partition coefficient (Wildman–Crippen LogP) is 4.31. The van der Waals surface area contributed by atoms with Crippen LogP contribution in [0.4, 0.5) is 0 Å². The van der Waals surface area contributed by atoms with Crippen LogP contribution in [0.2, 0.25) is 10.0 Å². The van der Waals surface area contributed by atoms with Crippen molar-refractivity contribution in [2.75, 3.05) is 6.54 Å². The summed E-state index contributed by atoms with van der Waals surface area (Å²) in [5.74, 6) is -0.0603. The van der Waals surface area contributed by atoms with Crippen LogP contribution in [0.3, 0.4) is 0 Å². The molecule has 1 atom stereocenters. The van der Waals surface area contributed by atoms with Crippen molar-refractivity contribution < 1.29 is 9.53 Å². The highest BCUT2D eigenvalue weighted by Crippen LogP contribution is 2.25. The highest BCUT2D eigenvalue weighted by Gasteiger charge is 2.15. The molecular weight excluding hydrogens is 464 g/mol. The van der Waals surface area contributed by atoms with Crippen molar-refractivity contribution >= 4 is 59.1 Å². The van der Waals surface area contributed by atoms with E-state index >= 15 is 0 Å². The van der Waals surface area contributed by atoms with Gasteiger partial charge in [-0.25, -0.2) is 0 Å². The first-order chi connectivity index (χ1) is 10.6. The van der Waals surface area contributed by atoms with Crippen LogP contribution in [0.5, 0.6) is 0 Å². The van der Waals surface area contributed by atoms with Crippen molar-refractivity contribution in [3.63, 3.8) is 0 Å². The molecule has 0 bridgehead atoms. The molecule has 0 aliphatic carbocycles. The molecule has 0 heterocycles. The predicted molar refractivity (Wildman–Crippen MR) is 110 cm³/mol. The zero-order chi connectivity index (χ0) is 17.6. The Hall–Kier alpha value is -0.730. The second-order valence-corrected chi connectivity index (χ2v) is 6.98. The SMILES string of the molecule is CC(NC(N)=NCCC(=O)OC(C)(C)C)c1ccc(Cl)cc1Cl.I. The summed E-state index contributed by atoms with van der Waals surface area (Å²) in [5, 5.41) is 4.16. The third-order valence-electron chi connectivity index (χ3n) is 2.81. The van der Waals surface area contributed by atoms with Gasteiger partial charge in [-0.2, -0.15) is 0 Å². The fourth-order valence-corrected chi connectivity index (χ4v) is 2.43. The van der Waals surface area contributed by atoms with Crippen molar-refractivity contribution in [1.82, 2.24) is 5.32 Å². The minimum Gasteiger partial charge on any atom is -0.460 e. The van der Waals surface area contributed by atoms with Crippen LogP contribution in [0.15, 0.2) is 23.2 Å². The zero-order valence-electron chi connectivity index (χ0n) is 14.2. The average Bonchev–Trinajstić information content (AvgIpc) is 2.35. The van der Waals surface area contributed by atoms with Crippen LogP contribution in [-0.4, -0.2) is 24.1 Å². The molecule has 0 saturated heterocycles. The van der Waals surface area contributed by atoms with Crippen LogP contribution in [-0.2, 0) is 9.53 Å². The van der Waals surface area contributed by atoms with Crippen molar-refractivity contribution in [3.8, 4) is 0 Å². The third-order valence-corrected chi connectivity index (χ3v) is 3.37. The zero-order valence-corrected chi connectivity index (χ0v) is 18.1. The number of aliphatic imine (C=N–C) groups is 1. The average molecular weight is 488 g/mol. The monoisotopic (exact) mass is 487 g/mol. The molecule has 24 heavy (non-hydrogen) atoms. The van der Waals surface area contributed by atoms with Gasteiger partial charge >= 0.3 is 5.97 Å². The molecule has 136 valence electrons. The van der Waals surface area contributed by atoms with Crippen molar-refractivity contribution in [2.45, 2.75) is 45.8 Å². The minimum atomic E-state index is -0.496. The number of benzene rings is 1. The van der Waals surface area contributed by atoms with Gasteiger partial charge in [0.2, 0.25) is 0 Å². The van der Waals surface area contributed by atoms with Crippen molar-refractivity contribution in [1.29, 1.82) is 0 Å². The maximum Gasteiger partial charge on any atom is 0.308 e. The molecule has 0 spiro atoms. The first-order valence-electron chi connectivity index (χ1n) is 7.32. The summed E-state index contributed by atoms with van der Waals surface area (Å²) in [6, 6.07) is 5.13. The molecule has 5 nitrogen and oxygen atoms in total. The summed E-state index contributed by atoms with van der Waals surface area (Å²) in [7, 11) is 0. The van der Waals surface area contributed by atoms with E-state index in [1.807, 2.05) is 33.8 Å². The molecule has 1 aromatic carbocycles. The van der Waals surface area contributed by atoms with E-state index in [4.69, 9.17) is 33.7 Å². The van der Waals surface area contributed by atoms with E-state index in [9.17, 15) is 4.79 Å². The lowest BCUT2D eigenvalue weighted by Crippen LogP contribution is -2.34. The molecule has 0 aliphatic rings. The Bertz CT molecular complexity index is 589. The second-order valence-electron chi connectivity index (χ2n) is 6.14. The molecule has 0 radical (unpaired) electrons. The van der Waals surface area contributed by atoms with Gasteiger partial charge in [0.05, 0.1) is 19.0 Å². The Morgan fingerprint density at radius 3 is 2.54 bits per heavy atom. The molecule has 0 amide bonds. The molecule has 1 rings (SSSR count). The smallest absolute Gasteiger partial charge is 0.308 e. The number of nitrogens with two attached hydrogens (primary N) is 1. The number of carbonyl (C=O) groups is 1. The van der Waals surface area contributed by atoms with Gasteiger partial charge in [0, 0.05) is 10.0 Å². The number of carbonyl (C=O) groups excluding carboxylic acids is 1. The number of ether oxygens (including phenoxy) is 1. The number of esters is 1. The summed E-state index contributed by atoms with van der Waals surface area (Å²) in [5.41, 5.74) is 6.19. The Balaban J connectivity index is 0.00000529. The van der Waals surface area contributed by atoms with Gasteiger partial charge in [-0.15, -0.1) is 24.0 Å². The highest BCUT2D eigenvalue weighted by molar-refractivity contribution is 14.0. The van der Waals surface area contributed by atoms with Crippen LogP contribution >= 0.6 is 47.2 Å². The number of nitrogens with one attached hydrogen (secondary N) is 1. The van der Waals surface area contributed by atoms with E-state index in [0.29, 0.717) is 10.0 Å². The summed E-state index contributed by atoms with van der Waals surface area (Å²) in [6.45, 7) is 7.63. The molecule has 1 aromatic rings. The standard InChI is InChI=1S/C16H23Cl2N3O2.HI/c1-10(12-6-5-11(17)9-13(12)18)21-15(19)20-8-7-14(22)23-16(2,3)4;/h5-6,9-10H,7-8H2,1-4H3,(H3,19,20,21);1H. The largest absolute Gasteiger partial charge is 0.460 e. The van der Waals surface area contributed by atoms with Gasteiger partial charge in [-0.1, -0.05) is 29.3 Å². The van der Waals surface area contributed by atoms with Gasteiger partial charge in [-0.3, -0.25) is 9.79 Å². The van der Waals surface area contributed by atoms with Crippen LogP contribution in [0.1, 0.15) is 45.7 Å². The van der Waals surface area contributed by atoms with Gasteiger partial charge in [0.1, 0.15) is 5.60 Å². The van der Waals surface area contributed by atoms with E-state index < -0.39 is 5.60 Å². The number of guanidine groups is 1. The maximum absolute atomic E-state index is 11.6. The maximum atomic E-state index is 11.6. The van der Waals surface area contributed by atoms with E-state index in [1.54, 1.807) is 12.1 Å². The topological polar surface area (TPSA) is 76.7 Å². The molecule has 0 aromatic heterocycles. The molecule has 1 unspecified atom stereocenters. The summed E-state index contributed by atoms with van der Waals surface area (Å²) >= 11 is 12.0. The van der Waals surface area contributed by atoms with E-state index in [-0.39, 0.29) is 54.9 Å². The number of rotatable bonds is 5. The number of halogens is 3. The van der Waals surface area contributed by atoms with Gasteiger partial charge in [0.15, 0.2) is 5.96 Å². The second kappa shape index (κ2) is 10.3. The fraction of sp³-hybridized carbons (Fsp3) is 0.500. The first kappa shape index (κ1) is 23.3. The summed E-state index contributed by atoms with van der Waals surface area (Å²) in [6.07, 6.45) is 0.176. The number of hydrogen-bond acceptors (Lipinski definition) is 3. The molecule has 0 aliphatic heterocycles. The Morgan fingerprint density at radius 2 is 2.00 bits per heavy atom. The Labute approximate surface area is 170 Å². The molecule has 8 heteroatoms. The van der Waals surface area contributed by atoms with E-state index in [2.05, 4.69) is 10.3 Å². The quantitative estimate of drug-likeness (QED) is 0.281. The third kappa shape index (κ3) is 8.94. The Kier molecular flexibility index (Phi) is 9.99. The van der Waals surface area contributed by atoms with Crippen molar-refractivity contribution in [3.05, 3.63) is 33.8 Å². The normalized spacial score (nSPS) is 13.0. The van der Waals surface area contributed by atoms with Gasteiger partial charge in [-0.05, 0) is 45.4 Å². The summed E-state index contributed by atoms with van der Waals surface area (Å²) < 4.78 is 5.20. The molecule has 0 saturated carbocycles. The van der Waals surface area contributed by atoms with Crippen LogP contribution in [0, 0.1) is 0 Å². The lowest BCUT2D eigenvalue weighted by Gasteiger charge is -2.19. The van der Waals surface area contributed by atoms with Crippen LogP contribution in [0.25, 0.3) is 0 Å². The van der Waals surface area contributed by atoms with Crippen LogP contribution < -0.4 is 11.1 Å². The summed E-state index contributed by atoms with van der Waals surface area (Å²) in [4.78, 5) is 15.7. The van der Waals surface area contributed by atoms with Gasteiger partial charge < -0.3 is 15.8 Å². The molecule has 3 N–H and O–H groups in total. The Morgan fingerprint density at radius 1 is 1.38 bits per heavy atom.